The third kappa shape index (κ3) is 1.48. The third-order valence-electron chi connectivity index (χ3n) is 3.71. The van der Waals surface area contributed by atoms with E-state index in [1.165, 1.54) is 26.9 Å². The zero-order valence-electron chi connectivity index (χ0n) is 10.3. The Labute approximate surface area is 110 Å². The molecule has 1 N–H and O–H groups in total. The fraction of sp³-hybridized carbons (Fsp3) is 0. The van der Waals surface area contributed by atoms with Gasteiger partial charge in [0.15, 0.2) is 0 Å². The van der Waals surface area contributed by atoms with Crippen molar-refractivity contribution in [3.8, 4) is 5.75 Å². The molecule has 1 heteroatoms. The molecule has 0 bridgehead atoms. The average Bonchev–Trinajstić information content (AvgIpc) is 2.46. The Morgan fingerprint density at radius 3 is 2.16 bits per heavy atom. The summed E-state index contributed by atoms with van der Waals surface area (Å²) >= 11 is 0. The maximum Gasteiger partial charge on any atom is 0.116 e. The minimum Gasteiger partial charge on any atom is -0.508 e. The second kappa shape index (κ2) is 3.72. The van der Waals surface area contributed by atoms with Gasteiger partial charge in [0.2, 0.25) is 0 Å². The summed E-state index contributed by atoms with van der Waals surface area (Å²) in [5.41, 5.74) is 0. The van der Waals surface area contributed by atoms with Gasteiger partial charge in [0.05, 0.1) is 0 Å². The van der Waals surface area contributed by atoms with Gasteiger partial charge in [0.25, 0.3) is 0 Å². The van der Waals surface area contributed by atoms with Crippen molar-refractivity contribution in [1.82, 2.24) is 0 Å². The van der Waals surface area contributed by atoms with Crippen LogP contribution in [0.4, 0.5) is 0 Å². The van der Waals surface area contributed by atoms with Crippen LogP contribution in [0.15, 0.2) is 66.7 Å². The molecule has 0 saturated carbocycles. The first-order chi connectivity index (χ1) is 9.33. The van der Waals surface area contributed by atoms with Gasteiger partial charge >= 0.3 is 0 Å². The second-order valence-corrected chi connectivity index (χ2v) is 4.86. The van der Waals surface area contributed by atoms with Crippen molar-refractivity contribution in [3.05, 3.63) is 66.7 Å². The van der Waals surface area contributed by atoms with Gasteiger partial charge in [-0.15, -0.1) is 0 Å². The Balaban J connectivity index is 2.33. The Morgan fingerprint density at radius 2 is 1.26 bits per heavy atom. The molecule has 0 heterocycles. The first-order valence-electron chi connectivity index (χ1n) is 6.36. The molecule has 0 aliphatic carbocycles. The summed E-state index contributed by atoms with van der Waals surface area (Å²) < 4.78 is 0. The van der Waals surface area contributed by atoms with Gasteiger partial charge in [-0.2, -0.15) is 0 Å². The number of phenols is 1. The number of aromatic hydroxyl groups is 1. The number of rotatable bonds is 0. The van der Waals surface area contributed by atoms with E-state index in [2.05, 4.69) is 48.5 Å². The zero-order chi connectivity index (χ0) is 12.8. The van der Waals surface area contributed by atoms with Crippen LogP contribution in [0.25, 0.3) is 32.3 Å². The molecule has 19 heavy (non-hydrogen) atoms. The van der Waals surface area contributed by atoms with Crippen molar-refractivity contribution in [2.75, 3.05) is 0 Å². The van der Waals surface area contributed by atoms with E-state index in [4.69, 9.17) is 0 Å². The van der Waals surface area contributed by atoms with Crippen molar-refractivity contribution >= 4 is 32.3 Å². The number of hydrogen-bond acceptors (Lipinski definition) is 1. The van der Waals surface area contributed by atoms with Gasteiger partial charge in [-0.1, -0.05) is 54.6 Å². The maximum absolute atomic E-state index is 9.62. The maximum atomic E-state index is 9.62. The molecular weight excluding hydrogens is 238 g/mol. The van der Waals surface area contributed by atoms with Gasteiger partial charge in [-0.3, -0.25) is 0 Å². The summed E-state index contributed by atoms with van der Waals surface area (Å²) in [6.45, 7) is 0. The third-order valence-corrected chi connectivity index (χ3v) is 3.71. The van der Waals surface area contributed by atoms with Crippen LogP contribution in [0.3, 0.4) is 0 Å². The number of benzene rings is 4. The van der Waals surface area contributed by atoms with E-state index in [1.54, 1.807) is 6.07 Å². The predicted octanol–water partition coefficient (Wildman–Crippen LogP) is 4.85. The summed E-state index contributed by atoms with van der Waals surface area (Å²) in [6, 6.07) is 22.5. The highest BCUT2D eigenvalue weighted by Crippen LogP contribution is 2.33. The largest absolute Gasteiger partial charge is 0.508 e. The molecule has 0 spiro atoms. The van der Waals surface area contributed by atoms with Gasteiger partial charge in [0, 0.05) is 0 Å². The van der Waals surface area contributed by atoms with Crippen molar-refractivity contribution in [2.24, 2.45) is 0 Å². The normalized spacial score (nSPS) is 11.4. The molecule has 0 saturated heterocycles. The van der Waals surface area contributed by atoms with Crippen LogP contribution >= 0.6 is 0 Å². The fourth-order valence-corrected chi connectivity index (χ4v) is 2.82. The SMILES string of the molecule is Oc1ccc2c(ccc3cc[13c]4[13cH][13cH][13cH][13cH][13c]4c32)c1. The summed E-state index contributed by atoms with van der Waals surface area (Å²) in [5, 5.41) is 16.9. The lowest BCUT2D eigenvalue weighted by atomic mass is 10.1. The summed E-state index contributed by atoms with van der Waals surface area (Å²) in [7, 11) is 0. The molecule has 4 rings (SSSR count). The van der Waals surface area contributed by atoms with Crippen LogP contribution in [-0.2, 0) is 0 Å². The second-order valence-electron chi connectivity index (χ2n) is 4.86. The lowest BCUT2D eigenvalue weighted by Gasteiger charge is -2.08. The van der Waals surface area contributed by atoms with Gasteiger partial charge in [-0.25, -0.2) is 0 Å². The molecule has 0 radical (unpaired) electrons. The number of phenolic OH excluding ortho intramolecular Hbond substituents is 1. The molecular formula is C18H12O. The van der Waals surface area contributed by atoms with Crippen LogP contribution in [0, 0.1) is 0 Å². The molecule has 0 aromatic heterocycles. The minimum absolute atomic E-state index is 0.312. The zero-order valence-corrected chi connectivity index (χ0v) is 10.3. The molecule has 90 valence electrons. The van der Waals surface area contributed by atoms with E-state index in [0.717, 1.165) is 5.39 Å². The Morgan fingerprint density at radius 1 is 0.579 bits per heavy atom. The summed E-state index contributed by atoms with van der Waals surface area (Å²) in [6.07, 6.45) is 0. The molecule has 1 nitrogen and oxygen atoms in total. The topological polar surface area (TPSA) is 20.2 Å². The Bertz CT molecular complexity index is 922. The molecule has 0 fully saturated rings. The first-order valence-corrected chi connectivity index (χ1v) is 6.36. The van der Waals surface area contributed by atoms with Gasteiger partial charge < -0.3 is 5.11 Å². The highest BCUT2D eigenvalue weighted by atomic mass is 16.3. The van der Waals surface area contributed by atoms with E-state index in [1.807, 2.05) is 12.1 Å². The minimum atomic E-state index is 0.312. The lowest BCUT2D eigenvalue weighted by Crippen LogP contribution is -1.80. The molecule has 0 aliphatic heterocycles. The molecule has 4 aromatic rings. The van der Waals surface area contributed by atoms with Gasteiger partial charge in [-0.05, 0) is 44.5 Å². The van der Waals surface area contributed by atoms with E-state index >= 15 is 0 Å². The summed E-state index contributed by atoms with van der Waals surface area (Å²) in [5.74, 6) is 0.312. The van der Waals surface area contributed by atoms with E-state index in [0.29, 0.717) is 5.75 Å². The monoisotopic (exact) mass is 250 g/mol. The standard InChI is InChI=1S/C18H12O/c19-15-9-10-17-14(11-15)8-7-13-6-5-12-3-1-2-4-16(12)18(13)17/h1-11,19H/i1+1,2+1,3+1,4+1,12+1,16+1. The molecule has 0 atom stereocenters. The van der Waals surface area contributed by atoms with E-state index in [9.17, 15) is 5.11 Å². The first kappa shape index (κ1) is 10.4. The molecule has 0 unspecified atom stereocenters. The van der Waals surface area contributed by atoms with Crippen molar-refractivity contribution in [2.45, 2.75) is 0 Å². The van der Waals surface area contributed by atoms with Crippen LogP contribution in [0.5, 0.6) is 5.75 Å². The van der Waals surface area contributed by atoms with Gasteiger partial charge in [0.1, 0.15) is 5.75 Å². The quantitative estimate of drug-likeness (QED) is 0.442. The molecule has 4 aromatic carbocycles. The number of hydrogen-bond donors (Lipinski definition) is 1. The average molecular weight is 250 g/mol. The van der Waals surface area contributed by atoms with Crippen molar-refractivity contribution < 1.29 is 5.11 Å². The molecule has 0 amide bonds. The fourth-order valence-electron chi connectivity index (χ4n) is 2.82. The van der Waals surface area contributed by atoms with Crippen LogP contribution < -0.4 is 0 Å². The number of fused-ring (bicyclic) bond motifs is 5. The molecule has 0 aliphatic rings. The van der Waals surface area contributed by atoms with Crippen LogP contribution in [0.1, 0.15) is 0 Å². The Hall–Kier alpha value is -2.54. The smallest absolute Gasteiger partial charge is 0.116 e. The van der Waals surface area contributed by atoms with Crippen LogP contribution in [-0.4, -0.2) is 5.11 Å². The van der Waals surface area contributed by atoms with E-state index in [-0.39, 0.29) is 0 Å². The van der Waals surface area contributed by atoms with Crippen LogP contribution in [0.2, 0.25) is 0 Å². The van der Waals surface area contributed by atoms with Crippen molar-refractivity contribution in [3.63, 3.8) is 0 Å². The Kier molecular flexibility index (Phi) is 2.04. The predicted molar refractivity (Wildman–Crippen MR) is 80.6 cm³/mol. The summed E-state index contributed by atoms with van der Waals surface area (Å²) in [4.78, 5) is 0. The van der Waals surface area contributed by atoms with Crippen molar-refractivity contribution in [1.29, 1.82) is 0 Å². The van der Waals surface area contributed by atoms with E-state index < -0.39 is 0 Å². The highest BCUT2D eigenvalue weighted by molar-refractivity contribution is 6.20. The lowest BCUT2D eigenvalue weighted by molar-refractivity contribution is 0.476. The highest BCUT2D eigenvalue weighted by Gasteiger charge is 2.05.